The Labute approximate surface area is 331 Å². The maximum Gasteiger partial charge on any atom is 0.246 e. The van der Waals surface area contributed by atoms with E-state index in [9.17, 15) is 10.5 Å². The highest BCUT2D eigenvalue weighted by Gasteiger charge is 2.11. The van der Waals surface area contributed by atoms with Gasteiger partial charge in [0.15, 0.2) is 0 Å². The van der Waals surface area contributed by atoms with Crippen molar-refractivity contribution in [1.29, 1.82) is 10.5 Å². The number of hydrogen-bond acceptors (Lipinski definition) is 10. The molecule has 0 saturated heterocycles. The summed E-state index contributed by atoms with van der Waals surface area (Å²) in [5.74, 6) is 0.909. The minimum absolute atomic E-state index is 0.421. The SMILES string of the molecule is Cc1cn(-c2ccc(Nc3ncn(Cc4ccc(Cl)cc4Cl)n3)cc2C#N)cn1.Cc1cn(-c2ccc(Nc3ncn(Cc4ccccc4)n3)cc2C#N)cn1. The Morgan fingerprint density at radius 3 is 1.62 bits per heavy atom. The quantitative estimate of drug-likeness (QED) is 0.138. The second kappa shape index (κ2) is 16.8. The van der Waals surface area contributed by atoms with Gasteiger partial charge in [-0.3, -0.25) is 0 Å². The standard InChI is InChI=1S/C20H15Cl2N7.C20H17N7/c1-13-9-28(11-24-13)19-5-4-17(6-15(19)8-23)26-20-25-12-29(27-20)10-14-2-3-16(21)7-18(14)22;1-15-11-26(13-22-15)19-8-7-18(9-17(19)10-21)24-20-23-14-27(25-20)12-16-5-3-2-4-6-16/h2-7,9,11-12H,10H2,1H3,(H,26,27);2-9,11,13-14H,12H2,1H3,(H,24,25). The molecule has 0 unspecified atom stereocenters. The van der Waals surface area contributed by atoms with Crippen LogP contribution in [0.3, 0.4) is 0 Å². The smallest absolute Gasteiger partial charge is 0.246 e. The summed E-state index contributed by atoms with van der Waals surface area (Å²) in [4.78, 5) is 17.0. The average molecular weight is 780 g/mol. The fraction of sp³-hybridized carbons (Fsp3) is 0.100. The van der Waals surface area contributed by atoms with E-state index in [4.69, 9.17) is 23.2 Å². The fourth-order valence-corrected chi connectivity index (χ4v) is 6.14. The molecule has 56 heavy (non-hydrogen) atoms. The lowest BCUT2D eigenvalue weighted by Crippen LogP contribution is -2.02. The molecule has 0 aliphatic heterocycles. The van der Waals surface area contributed by atoms with Crippen molar-refractivity contribution in [3.05, 3.63) is 166 Å². The van der Waals surface area contributed by atoms with Crippen LogP contribution in [0.2, 0.25) is 10.0 Å². The fourth-order valence-electron chi connectivity index (χ4n) is 5.67. The van der Waals surface area contributed by atoms with Crippen molar-refractivity contribution >= 4 is 46.5 Å². The first-order chi connectivity index (χ1) is 27.2. The molecule has 0 radical (unpaired) electrons. The van der Waals surface area contributed by atoms with E-state index < -0.39 is 0 Å². The Balaban J connectivity index is 0.000000172. The Bertz CT molecular complexity index is 2700. The third-order valence-corrected chi connectivity index (χ3v) is 8.92. The summed E-state index contributed by atoms with van der Waals surface area (Å²) in [6.07, 6.45) is 10.4. The van der Waals surface area contributed by atoms with Gasteiger partial charge in [0, 0.05) is 33.8 Å². The lowest BCUT2D eigenvalue weighted by molar-refractivity contribution is 0.687. The monoisotopic (exact) mass is 778 g/mol. The summed E-state index contributed by atoms with van der Waals surface area (Å²) < 4.78 is 7.10. The van der Waals surface area contributed by atoms with E-state index in [0.717, 1.165) is 39.6 Å². The zero-order valence-electron chi connectivity index (χ0n) is 30.1. The zero-order chi connectivity index (χ0) is 39.0. The summed E-state index contributed by atoms with van der Waals surface area (Å²) in [5.41, 5.74) is 7.89. The highest BCUT2D eigenvalue weighted by molar-refractivity contribution is 6.35. The maximum atomic E-state index is 9.52. The molecule has 8 aromatic rings. The molecule has 0 saturated carbocycles. The summed E-state index contributed by atoms with van der Waals surface area (Å²) in [7, 11) is 0. The largest absolute Gasteiger partial charge is 0.323 e. The highest BCUT2D eigenvalue weighted by Crippen LogP contribution is 2.24. The molecule has 0 atom stereocenters. The van der Waals surface area contributed by atoms with E-state index >= 15 is 0 Å². The van der Waals surface area contributed by atoms with Crippen LogP contribution in [0.5, 0.6) is 0 Å². The second-order valence-electron chi connectivity index (χ2n) is 12.5. The predicted molar refractivity (Wildman–Crippen MR) is 214 cm³/mol. The van der Waals surface area contributed by atoms with E-state index in [2.05, 4.69) is 52.9 Å². The number of nitriles is 2. The lowest BCUT2D eigenvalue weighted by atomic mass is 10.1. The summed E-state index contributed by atoms with van der Waals surface area (Å²) in [6.45, 7) is 4.93. The van der Waals surface area contributed by atoms with Crippen LogP contribution in [-0.2, 0) is 13.1 Å². The number of nitrogens with zero attached hydrogens (tertiary/aromatic N) is 12. The molecule has 276 valence electrons. The van der Waals surface area contributed by atoms with Gasteiger partial charge in [0.2, 0.25) is 11.9 Å². The second-order valence-corrected chi connectivity index (χ2v) is 13.4. The van der Waals surface area contributed by atoms with Gasteiger partial charge in [-0.2, -0.15) is 10.5 Å². The van der Waals surface area contributed by atoms with Gasteiger partial charge < -0.3 is 19.8 Å². The van der Waals surface area contributed by atoms with E-state index in [0.29, 0.717) is 51.8 Å². The van der Waals surface area contributed by atoms with Crippen LogP contribution in [0.15, 0.2) is 123 Å². The Morgan fingerprint density at radius 1 is 0.607 bits per heavy atom. The molecule has 4 heterocycles. The van der Waals surface area contributed by atoms with E-state index in [1.165, 1.54) is 0 Å². The predicted octanol–water partition coefficient (Wildman–Crippen LogP) is 8.18. The van der Waals surface area contributed by atoms with Gasteiger partial charge in [-0.15, -0.1) is 10.2 Å². The van der Waals surface area contributed by atoms with Crippen LogP contribution >= 0.6 is 23.2 Å². The molecule has 0 aliphatic rings. The molecule has 0 spiro atoms. The number of rotatable bonds is 10. The number of aryl methyl sites for hydroxylation is 2. The lowest BCUT2D eigenvalue weighted by Gasteiger charge is -2.08. The van der Waals surface area contributed by atoms with E-state index in [1.807, 2.05) is 96.0 Å². The van der Waals surface area contributed by atoms with Gasteiger partial charge in [-0.25, -0.2) is 29.3 Å². The maximum absolute atomic E-state index is 9.52. The molecular weight excluding hydrogens is 747 g/mol. The van der Waals surface area contributed by atoms with Crippen molar-refractivity contribution < 1.29 is 0 Å². The number of benzene rings is 4. The van der Waals surface area contributed by atoms with Crippen LogP contribution in [0.1, 0.15) is 33.6 Å². The van der Waals surface area contributed by atoms with Gasteiger partial charge >= 0.3 is 0 Å². The highest BCUT2D eigenvalue weighted by atomic mass is 35.5. The Morgan fingerprint density at radius 2 is 1.14 bits per heavy atom. The number of halogens is 2. The first-order valence-corrected chi connectivity index (χ1v) is 17.9. The molecular formula is C40H32Cl2N14. The van der Waals surface area contributed by atoms with Gasteiger partial charge in [0.05, 0.1) is 59.6 Å². The molecule has 4 aromatic heterocycles. The molecule has 0 fully saturated rings. The van der Waals surface area contributed by atoms with Crippen molar-refractivity contribution in [2.75, 3.05) is 10.6 Å². The summed E-state index contributed by atoms with van der Waals surface area (Å²) in [5, 5.41) is 35.3. The summed E-state index contributed by atoms with van der Waals surface area (Å²) in [6, 6.07) is 30.9. The Kier molecular flexibility index (Phi) is 11.1. The minimum atomic E-state index is 0.421. The molecule has 16 heteroatoms. The van der Waals surface area contributed by atoms with Crippen molar-refractivity contribution in [3.8, 4) is 23.5 Å². The third-order valence-electron chi connectivity index (χ3n) is 8.33. The number of nitrogens with one attached hydrogen (secondary N) is 2. The number of aromatic nitrogens is 10. The summed E-state index contributed by atoms with van der Waals surface area (Å²) >= 11 is 12.2. The minimum Gasteiger partial charge on any atom is -0.323 e. The molecule has 8 rings (SSSR count). The molecule has 4 aromatic carbocycles. The molecule has 2 N–H and O–H groups in total. The topological polar surface area (TPSA) is 169 Å². The van der Waals surface area contributed by atoms with Crippen LogP contribution < -0.4 is 10.6 Å². The number of anilines is 4. The van der Waals surface area contributed by atoms with Crippen molar-refractivity contribution in [2.24, 2.45) is 0 Å². The van der Waals surface area contributed by atoms with E-state index in [-0.39, 0.29) is 0 Å². The zero-order valence-corrected chi connectivity index (χ0v) is 31.6. The van der Waals surface area contributed by atoms with Crippen molar-refractivity contribution in [3.63, 3.8) is 0 Å². The molecule has 0 aliphatic carbocycles. The van der Waals surface area contributed by atoms with Gasteiger partial charge in [0.1, 0.15) is 24.8 Å². The van der Waals surface area contributed by atoms with Gasteiger partial charge in [-0.1, -0.05) is 59.6 Å². The molecule has 0 bridgehead atoms. The average Bonchev–Trinajstić information content (AvgIpc) is 4.03. The Hall–Kier alpha value is -7.26. The van der Waals surface area contributed by atoms with Crippen molar-refractivity contribution in [2.45, 2.75) is 26.9 Å². The van der Waals surface area contributed by atoms with E-state index in [1.54, 1.807) is 58.9 Å². The molecule has 0 amide bonds. The molecule has 14 nitrogen and oxygen atoms in total. The number of hydrogen-bond donors (Lipinski definition) is 2. The normalized spacial score (nSPS) is 10.6. The first-order valence-electron chi connectivity index (χ1n) is 17.1. The first kappa shape index (κ1) is 37.1. The van der Waals surface area contributed by atoms with Crippen LogP contribution in [-0.4, -0.2) is 48.6 Å². The van der Waals surface area contributed by atoms with Crippen LogP contribution in [0, 0.1) is 36.5 Å². The van der Waals surface area contributed by atoms with Gasteiger partial charge in [0.25, 0.3) is 0 Å². The number of imidazole rings is 2. The van der Waals surface area contributed by atoms with Gasteiger partial charge in [-0.05, 0) is 73.5 Å². The third kappa shape index (κ3) is 9.09. The van der Waals surface area contributed by atoms with Crippen LogP contribution in [0.4, 0.5) is 23.3 Å². The van der Waals surface area contributed by atoms with Crippen LogP contribution in [0.25, 0.3) is 11.4 Å². The van der Waals surface area contributed by atoms with Crippen molar-refractivity contribution in [1.82, 2.24) is 48.6 Å².